The number of carbonyl (C=O) groups is 1. The predicted molar refractivity (Wildman–Crippen MR) is 65.6 cm³/mol. The number of amides is 1. The molecular formula is C10H16N4OS. The number of carbonyl (C=O) groups excluding carboxylic acids is 1. The maximum absolute atomic E-state index is 11.9. The molecule has 0 fully saturated rings. The first-order chi connectivity index (χ1) is 7.50. The van der Waals surface area contributed by atoms with Crippen LogP contribution in [0.1, 0.15) is 26.0 Å². The van der Waals surface area contributed by atoms with Gasteiger partial charge in [-0.15, -0.1) is 0 Å². The Morgan fingerprint density at radius 1 is 1.75 bits per heavy atom. The Labute approximate surface area is 99.8 Å². The van der Waals surface area contributed by atoms with E-state index in [0.29, 0.717) is 13.0 Å². The third-order valence-electron chi connectivity index (χ3n) is 2.75. The molecule has 88 valence electrons. The molecule has 0 aliphatic carbocycles. The average Bonchev–Trinajstić information content (AvgIpc) is 2.77. The Hall–Kier alpha value is -1.43. The molecule has 0 aliphatic rings. The molecule has 0 aromatic carbocycles. The number of nitrogens with zero attached hydrogens (tertiary/aromatic N) is 1. The number of nitrogens with one attached hydrogen (secondary N) is 2. The molecule has 5 nitrogen and oxygen atoms in total. The first kappa shape index (κ1) is 12.6. The smallest absolute Gasteiger partial charge is 0.233 e. The van der Waals surface area contributed by atoms with Crippen LogP contribution in [0.2, 0.25) is 0 Å². The van der Waals surface area contributed by atoms with Crippen LogP contribution in [0.4, 0.5) is 0 Å². The summed E-state index contributed by atoms with van der Waals surface area (Å²) in [5.74, 6) is -0.155. The number of imidazole rings is 1. The van der Waals surface area contributed by atoms with Gasteiger partial charge in [0, 0.05) is 6.20 Å². The Kier molecular flexibility index (Phi) is 4.00. The molecule has 0 radical (unpaired) electrons. The summed E-state index contributed by atoms with van der Waals surface area (Å²) in [6.07, 6.45) is 3.80. The van der Waals surface area contributed by atoms with Crippen molar-refractivity contribution in [3.63, 3.8) is 0 Å². The summed E-state index contributed by atoms with van der Waals surface area (Å²) in [6.45, 7) is 4.03. The van der Waals surface area contributed by atoms with Gasteiger partial charge in [-0.1, -0.05) is 19.1 Å². The molecule has 1 atom stereocenters. The van der Waals surface area contributed by atoms with E-state index in [9.17, 15) is 4.79 Å². The molecule has 4 N–H and O–H groups in total. The van der Waals surface area contributed by atoms with Crippen molar-refractivity contribution in [2.24, 2.45) is 11.1 Å². The second-order valence-electron chi connectivity index (χ2n) is 3.81. The van der Waals surface area contributed by atoms with Crippen LogP contribution in [-0.2, 0) is 11.3 Å². The molecule has 1 unspecified atom stereocenters. The molecule has 0 bridgehead atoms. The minimum atomic E-state index is -0.782. The van der Waals surface area contributed by atoms with Gasteiger partial charge in [0.1, 0.15) is 0 Å². The summed E-state index contributed by atoms with van der Waals surface area (Å²) in [7, 11) is 0. The SMILES string of the molecule is CCC(C)(C(=O)NCc1cnc[nH]1)C(N)=S. The Balaban J connectivity index is 2.60. The zero-order valence-corrected chi connectivity index (χ0v) is 10.2. The average molecular weight is 240 g/mol. The Bertz CT molecular complexity index is 376. The predicted octanol–water partition coefficient (Wildman–Crippen LogP) is 0.728. The summed E-state index contributed by atoms with van der Waals surface area (Å²) in [5, 5.41) is 2.78. The first-order valence-electron chi connectivity index (χ1n) is 5.06. The first-order valence-corrected chi connectivity index (χ1v) is 5.47. The van der Waals surface area contributed by atoms with Gasteiger partial charge in [0.05, 0.1) is 29.0 Å². The van der Waals surface area contributed by atoms with Crippen molar-refractivity contribution in [1.82, 2.24) is 15.3 Å². The van der Waals surface area contributed by atoms with Crippen LogP contribution in [0.3, 0.4) is 0 Å². The second kappa shape index (κ2) is 5.07. The van der Waals surface area contributed by atoms with Gasteiger partial charge in [-0.25, -0.2) is 4.98 Å². The number of H-pyrrole nitrogens is 1. The molecule has 0 spiro atoms. The zero-order chi connectivity index (χ0) is 12.2. The maximum Gasteiger partial charge on any atom is 0.233 e. The van der Waals surface area contributed by atoms with E-state index >= 15 is 0 Å². The molecule has 0 saturated carbocycles. The summed E-state index contributed by atoms with van der Waals surface area (Å²) in [6, 6.07) is 0. The number of aromatic amines is 1. The molecule has 1 rings (SSSR count). The van der Waals surface area contributed by atoms with Crippen molar-refractivity contribution >= 4 is 23.1 Å². The molecule has 6 heteroatoms. The lowest BCUT2D eigenvalue weighted by atomic mass is 9.86. The van der Waals surface area contributed by atoms with Gasteiger partial charge >= 0.3 is 0 Å². The standard InChI is InChI=1S/C10H16N4OS/c1-3-10(2,8(11)16)9(15)13-5-7-4-12-6-14-7/h4,6H,3,5H2,1-2H3,(H2,11,16)(H,12,14)(H,13,15). The highest BCUT2D eigenvalue weighted by Crippen LogP contribution is 2.21. The van der Waals surface area contributed by atoms with Gasteiger partial charge in [-0.2, -0.15) is 0 Å². The van der Waals surface area contributed by atoms with Gasteiger partial charge in [-0.05, 0) is 13.3 Å². The summed E-state index contributed by atoms with van der Waals surface area (Å²) in [4.78, 5) is 18.9. The largest absolute Gasteiger partial charge is 0.392 e. The van der Waals surface area contributed by atoms with Crippen LogP contribution >= 0.6 is 12.2 Å². The minimum absolute atomic E-state index is 0.155. The van der Waals surface area contributed by atoms with Gasteiger partial charge in [0.25, 0.3) is 0 Å². The minimum Gasteiger partial charge on any atom is -0.392 e. The van der Waals surface area contributed by atoms with Crippen molar-refractivity contribution < 1.29 is 4.79 Å². The van der Waals surface area contributed by atoms with Crippen LogP contribution in [-0.4, -0.2) is 20.9 Å². The van der Waals surface area contributed by atoms with E-state index in [1.165, 1.54) is 0 Å². The van der Waals surface area contributed by atoms with Crippen LogP contribution in [0.5, 0.6) is 0 Å². The number of hydrogen-bond donors (Lipinski definition) is 3. The van der Waals surface area contributed by atoms with Gasteiger partial charge in [0.15, 0.2) is 0 Å². The summed E-state index contributed by atoms with van der Waals surface area (Å²) in [5.41, 5.74) is 5.64. The van der Waals surface area contributed by atoms with E-state index in [-0.39, 0.29) is 10.9 Å². The number of thiocarbonyl (C=S) groups is 1. The van der Waals surface area contributed by atoms with Crippen molar-refractivity contribution in [3.8, 4) is 0 Å². The topological polar surface area (TPSA) is 83.8 Å². The normalized spacial score (nSPS) is 14.1. The van der Waals surface area contributed by atoms with E-state index in [1.807, 2.05) is 6.92 Å². The van der Waals surface area contributed by atoms with E-state index in [1.54, 1.807) is 19.4 Å². The highest BCUT2D eigenvalue weighted by Gasteiger charge is 2.34. The maximum atomic E-state index is 11.9. The fraction of sp³-hybridized carbons (Fsp3) is 0.500. The molecule has 1 aromatic rings. The zero-order valence-electron chi connectivity index (χ0n) is 9.41. The van der Waals surface area contributed by atoms with Crippen LogP contribution < -0.4 is 11.1 Å². The lowest BCUT2D eigenvalue weighted by Crippen LogP contribution is -2.46. The van der Waals surface area contributed by atoms with E-state index in [0.717, 1.165) is 5.69 Å². The van der Waals surface area contributed by atoms with Gasteiger partial charge in [0.2, 0.25) is 5.91 Å². The van der Waals surface area contributed by atoms with Gasteiger partial charge in [-0.3, -0.25) is 4.79 Å². The molecule has 0 saturated heterocycles. The molecule has 0 aliphatic heterocycles. The van der Waals surface area contributed by atoms with Gasteiger partial charge < -0.3 is 16.0 Å². The lowest BCUT2D eigenvalue weighted by Gasteiger charge is -2.25. The third-order valence-corrected chi connectivity index (χ3v) is 3.20. The number of rotatable bonds is 5. The monoisotopic (exact) mass is 240 g/mol. The van der Waals surface area contributed by atoms with E-state index in [4.69, 9.17) is 18.0 Å². The third kappa shape index (κ3) is 2.57. The molecule has 1 amide bonds. The fourth-order valence-corrected chi connectivity index (χ4v) is 1.44. The summed E-state index contributed by atoms with van der Waals surface area (Å²) >= 11 is 4.92. The van der Waals surface area contributed by atoms with Crippen LogP contribution in [0, 0.1) is 5.41 Å². The van der Waals surface area contributed by atoms with Crippen molar-refractivity contribution in [3.05, 3.63) is 18.2 Å². The number of hydrogen-bond acceptors (Lipinski definition) is 3. The van der Waals surface area contributed by atoms with E-state index < -0.39 is 5.41 Å². The second-order valence-corrected chi connectivity index (χ2v) is 4.25. The number of nitrogens with two attached hydrogens (primary N) is 1. The van der Waals surface area contributed by atoms with Crippen LogP contribution in [0.15, 0.2) is 12.5 Å². The highest BCUT2D eigenvalue weighted by molar-refractivity contribution is 7.80. The molecular weight excluding hydrogens is 224 g/mol. The molecule has 1 heterocycles. The van der Waals surface area contributed by atoms with Crippen molar-refractivity contribution in [2.45, 2.75) is 26.8 Å². The Morgan fingerprint density at radius 2 is 2.44 bits per heavy atom. The number of aromatic nitrogens is 2. The van der Waals surface area contributed by atoms with Crippen molar-refractivity contribution in [2.75, 3.05) is 0 Å². The fourth-order valence-electron chi connectivity index (χ4n) is 1.20. The highest BCUT2D eigenvalue weighted by atomic mass is 32.1. The lowest BCUT2D eigenvalue weighted by molar-refractivity contribution is -0.127. The quantitative estimate of drug-likeness (QED) is 0.662. The van der Waals surface area contributed by atoms with Crippen LogP contribution in [0.25, 0.3) is 0 Å². The Morgan fingerprint density at radius 3 is 2.88 bits per heavy atom. The van der Waals surface area contributed by atoms with Crippen molar-refractivity contribution in [1.29, 1.82) is 0 Å². The molecule has 16 heavy (non-hydrogen) atoms. The summed E-state index contributed by atoms with van der Waals surface area (Å²) < 4.78 is 0. The molecule has 1 aromatic heterocycles. The van der Waals surface area contributed by atoms with E-state index in [2.05, 4.69) is 15.3 Å².